The lowest BCUT2D eigenvalue weighted by molar-refractivity contribution is -0.385. The molecule has 0 atom stereocenters. The molecule has 7 heteroatoms. The second kappa shape index (κ2) is 5.66. The van der Waals surface area contributed by atoms with E-state index in [0.717, 1.165) is 0 Å². The molecule has 1 aromatic carbocycles. The molecular formula is C13H9ClN2O4. The highest BCUT2D eigenvalue weighted by Crippen LogP contribution is 2.23. The molecular weight excluding hydrogens is 284 g/mol. The lowest BCUT2D eigenvalue weighted by Gasteiger charge is -2.06. The van der Waals surface area contributed by atoms with E-state index in [-0.39, 0.29) is 28.5 Å². The first-order chi connectivity index (χ1) is 9.49. The zero-order chi connectivity index (χ0) is 14.7. The smallest absolute Gasteiger partial charge is 0.335 e. The Bertz CT molecular complexity index is 688. The summed E-state index contributed by atoms with van der Waals surface area (Å²) >= 11 is 5.74. The van der Waals surface area contributed by atoms with Crippen LogP contribution in [0.1, 0.15) is 21.6 Å². The van der Waals surface area contributed by atoms with Crippen molar-refractivity contribution >= 4 is 23.3 Å². The van der Waals surface area contributed by atoms with Crippen molar-refractivity contribution in [3.05, 3.63) is 68.5 Å². The Morgan fingerprint density at radius 2 is 2.00 bits per heavy atom. The molecule has 0 fully saturated rings. The fraction of sp³-hybridized carbons (Fsp3) is 0.0769. The predicted molar refractivity (Wildman–Crippen MR) is 72.1 cm³/mol. The van der Waals surface area contributed by atoms with Crippen LogP contribution in [0.25, 0.3) is 0 Å². The third kappa shape index (κ3) is 2.92. The largest absolute Gasteiger partial charge is 0.478 e. The van der Waals surface area contributed by atoms with E-state index < -0.39 is 10.9 Å². The van der Waals surface area contributed by atoms with Gasteiger partial charge >= 0.3 is 5.97 Å². The molecule has 0 saturated heterocycles. The minimum atomic E-state index is -1.09. The number of pyridine rings is 1. The molecule has 2 aromatic rings. The Labute approximate surface area is 118 Å². The molecule has 0 spiro atoms. The molecule has 0 aliphatic rings. The van der Waals surface area contributed by atoms with Crippen molar-refractivity contribution in [2.24, 2.45) is 0 Å². The van der Waals surface area contributed by atoms with Gasteiger partial charge in [0.1, 0.15) is 10.8 Å². The third-order valence-corrected chi connectivity index (χ3v) is 2.93. The predicted octanol–water partition coefficient (Wildman–Crippen LogP) is 2.93. The van der Waals surface area contributed by atoms with Crippen LogP contribution in [0.2, 0.25) is 5.15 Å². The van der Waals surface area contributed by atoms with Gasteiger partial charge in [-0.1, -0.05) is 29.8 Å². The van der Waals surface area contributed by atoms with Crippen molar-refractivity contribution in [1.82, 2.24) is 4.98 Å². The fourth-order valence-electron chi connectivity index (χ4n) is 1.83. The number of carbonyl (C=O) groups is 1. The molecule has 1 N–H and O–H groups in total. The van der Waals surface area contributed by atoms with Crippen molar-refractivity contribution in [1.29, 1.82) is 0 Å². The summed E-state index contributed by atoms with van der Waals surface area (Å²) in [7, 11) is 0. The van der Waals surface area contributed by atoms with Gasteiger partial charge in [0.15, 0.2) is 0 Å². The summed E-state index contributed by atoms with van der Waals surface area (Å²) in [6.45, 7) is 0. The number of halogens is 1. The van der Waals surface area contributed by atoms with Crippen LogP contribution in [0.15, 0.2) is 36.4 Å². The van der Waals surface area contributed by atoms with E-state index in [1.54, 1.807) is 18.2 Å². The van der Waals surface area contributed by atoms with Gasteiger partial charge in [-0.25, -0.2) is 9.78 Å². The number of rotatable bonds is 4. The maximum absolute atomic E-state index is 11.1. The number of hydrogen-bond donors (Lipinski definition) is 1. The van der Waals surface area contributed by atoms with Crippen LogP contribution in [0, 0.1) is 10.1 Å². The Morgan fingerprint density at radius 1 is 1.30 bits per heavy atom. The van der Waals surface area contributed by atoms with Gasteiger partial charge in [0.25, 0.3) is 5.69 Å². The van der Waals surface area contributed by atoms with Crippen LogP contribution in [0.3, 0.4) is 0 Å². The number of nitrogens with zero attached hydrogens (tertiary/aromatic N) is 2. The molecule has 20 heavy (non-hydrogen) atoms. The van der Waals surface area contributed by atoms with Gasteiger partial charge in [0.2, 0.25) is 0 Å². The standard InChI is InChI=1S/C13H9ClN2O4/c14-12-6-5-11(16(19)20)10(15-12)7-8-3-1-2-4-9(8)13(17)18/h1-6H,7H2,(H,17,18). The van der Waals surface area contributed by atoms with E-state index in [9.17, 15) is 14.9 Å². The van der Waals surface area contributed by atoms with Gasteiger partial charge in [-0.2, -0.15) is 0 Å². The second-order valence-corrected chi connectivity index (χ2v) is 4.38. The van der Waals surface area contributed by atoms with Gasteiger partial charge in [-0.3, -0.25) is 10.1 Å². The second-order valence-electron chi connectivity index (χ2n) is 4.00. The molecule has 1 aromatic heterocycles. The van der Waals surface area contributed by atoms with Crippen LogP contribution in [0.5, 0.6) is 0 Å². The maximum Gasteiger partial charge on any atom is 0.335 e. The van der Waals surface area contributed by atoms with E-state index in [1.165, 1.54) is 18.2 Å². The van der Waals surface area contributed by atoms with Gasteiger partial charge in [0, 0.05) is 12.5 Å². The van der Waals surface area contributed by atoms with E-state index in [4.69, 9.17) is 16.7 Å². The van der Waals surface area contributed by atoms with Crippen molar-refractivity contribution in [2.75, 3.05) is 0 Å². The Hall–Kier alpha value is -2.47. The van der Waals surface area contributed by atoms with Crippen LogP contribution < -0.4 is 0 Å². The van der Waals surface area contributed by atoms with Crippen molar-refractivity contribution in [3.8, 4) is 0 Å². The molecule has 0 aliphatic heterocycles. The number of hydrogen-bond acceptors (Lipinski definition) is 4. The van der Waals surface area contributed by atoms with Gasteiger partial charge < -0.3 is 5.11 Å². The Balaban J connectivity index is 2.47. The number of benzene rings is 1. The molecule has 1 heterocycles. The molecule has 6 nitrogen and oxygen atoms in total. The molecule has 0 unspecified atom stereocenters. The van der Waals surface area contributed by atoms with E-state index in [2.05, 4.69) is 4.98 Å². The normalized spacial score (nSPS) is 10.2. The van der Waals surface area contributed by atoms with Crippen molar-refractivity contribution < 1.29 is 14.8 Å². The fourth-order valence-corrected chi connectivity index (χ4v) is 1.99. The first-order valence-electron chi connectivity index (χ1n) is 5.60. The van der Waals surface area contributed by atoms with E-state index in [1.807, 2.05) is 0 Å². The lowest BCUT2D eigenvalue weighted by Crippen LogP contribution is -2.05. The summed E-state index contributed by atoms with van der Waals surface area (Å²) in [6.07, 6.45) is 0.0271. The highest BCUT2D eigenvalue weighted by atomic mass is 35.5. The van der Waals surface area contributed by atoms with Gasteiger partial charge in [-0.05, 0) is 17.7 Å². The van der Waals surface area contributed by atoms with Crippen molar-refractivity contribution in [3.63, 3.8) is 0 Å². The molecule has 0 saturated carbocycles. The number of nitro groups is 1. The first kappa shape index (κ1) is 14.0. The minimum absolute atomic E-state index is 0.0271. The summed E-state index contributed by atoms with van der Waals surface area (Å²) in [5.41, 5.74) is 0.479. The summed E-state index contributed by atoms with van der Waals surface area (Å²) in [6, 6.07) is 8.87. The van der Waals surface area contributed by atoms with Crippen LogP contribution in [-0.2, 0) is 6.42 Å². The molecule has 102 valence electrons. The van der Waals surface area contributed by atoms with Crippen LogP contribution in [0.4, 0.5) is 5.69 Å². The topological polar surface area (TPSA) is 93.3 Å². The molecule has 0 aliphatic carbocycles. The average molecular weight is 293 g/mol. The third-order valence-electron chi connectivity index (χ3n) is 2.72. The zero-order valence-corrected chi connectivity index (χ0v) is 10.9. The number of carboxylic acids is 1. The monoisotopic (exact) mass is 292 g/mol. The maximum atomic E-state index is 11.1. The molecule has 0 bridgehead atoms. The summed E-state index contributed by atoms with van der Waals surface area (Å²) in [4.78, 5) is 25.4. The molecule has 0 radical (unpaired) electrons. The quantitative estimate of drug-likeness (QED) is 0.531. The van der Waals surface area contributed by atoms with E-state index >= 15 is 0 Å². The SMILES string of the molecule is O=C(O)c1ccccc1Cc1nc(Cl)ccc1[N+](=O)[O-]. The highest BCUT2D eigenvalue weighted by Gasteiger charge is 2.18. The number of aromatic carboxylic acids is 1. The number of carboxylic acid groups (broad SMARTS) is 1. The van der Waals surface area contributed by atoms with Gasteiger partial charge in [-0.15, -0.1) is 0 Å². The van der Waals surface area contributed by atoms with Crippen LogP contribution in [-0.4, -0.2) is 21.0 Å². The first-order valence-corrected chi connectivity index (χ1v) is 5.98. The lowest BCUT2D eigenvalue weighted by atomic mass is 10.0. The van der Waals surface area contributed by atoms with E-state index in [0.29, 0.717) is 5.56 Å². The van der Waals surface area contributed by atoms with Crippen molar-refractivity contribution in [2.45, 2.75) is 6.42 Å². The Morgan fingerprint density at radius 3 is 2.65 bits per heavy atom. The molecule has 2 rings (SSSR count). The zero-order valence-electron chi connectivity index (χ0n) is 10.1. The molecule has 0 amide bonds. The average Bonchev–Trinajstić information content (AvgIpc) is 2.38. The Kier molecular flexibility index (Phi) is 3.95. The summed E-state index contributed by atoms with van der Waals surface area (Å²) in [5, 5.41) is 20.2. The minimum Gasteiger partial charge on any atom is -0.478 e. The van der Waals surface area contributed by atoms with Gasteiger partial charge in [0.05, 0.1) is 10.5 Å². The summed E-state index contributed by atoms with van der Waals surface area (Å²) < 4.78 is 0. The number of aromatic nitrogens is 1. The highest BCUT2D eigenvalue weighted by molar-refractivity contribution is 6.29. The summed E-state index contributed by atoms with van der Waals surface area (Å²) in [5.74, 6) is -1.09. The van der Waals surface area contributed by atoms with Crippen LogP contribution >= 0.6 is 11.6 Å².